The first kappa shape index (κ1) is 37.7. The van der Waals surface area contributed by atoms with E-state index in [0.717, 1.165) is 24.8 Å². The van der Waals surface area contributed by atoms with Crippen molar-refractivity contribution in [2.45, 2.75) is 39.2 Å². The molecule has 1 aromatic carbocycles. The molecule has 0 aliphatic rings. The highest BCUT2D eigenvalue weighted by molar-refractivity contribution is 5.69. The molecular weight excluding hydrogens is 550 g/mol. The second-order valence-electron chi connectivity index (χ2n) is 8.95. The van der Waals surface area contributed by atoms with E-state index >= 15 is 0 Å². The van der Waals surface area contributed by atoms with Crippen LogP contribution in [0.5, 0.6) is 0 Å². The zero-order valence-corrected chi connectivity index (χ0v) is 25.2. The summed E-state index contributed by atoms with van der Waals surface area (Å²) in [6, 6.07) is 9.50. The summed E-state index contributed by atoms with van der Waals surface area (Å²) in [5.74, 6) is -0.163. The van der Waals surface area contributed by atoms with Crippen molar-refractivity contribution in [1.82, 2.24) is 5.32 Å². The molecule has 42 heavy (non-hydrogen) atoms. The topological polar surface area (TPSA) is 129 Å². The van der Waals surface area contributed by atoms with Crippen LogP contribution in [0.15, 0.2) is 30.3 Å². The number of carbonyl (C=O) groups excluding carboxylic acids is 2. The number of carbonyl (C=O) groups is 2. The van der Waals surface area contributed by atoms with Gasteiger partial charge in [0, 0.05) is 13.0 Å². The van der Waals surface area contributed by atoms with E-state index in [0.29, 0.717) is 105 Å². The Morgan fingerprint density at radius 1 is 0.571 bits per heavy atom. The van der Waals surface area contributed by atoms with E-state index in [2.05, 4.69) is 12.2 Å². The van der Waals surface area contributed by atoms with Crippen molar-refractivity contribution in [1.29, 1.82) is 0 Å². The third-order valence-electron chi connectivity index (χ3n) is 5.44. The molecule has 1 rings (SSSR count). The molecule has 0 spiro atoms. The number of hydrogen-bond acceptors (Lipinski definition) is 11. The SMILES string of the molecule is CCCCCC(=O)OCCOCCOCCOCCOCCOCCOCCOCCNC(=O)OCc1ccccc1. The van der Waals surface area contributed by atoms with Gasteiger partial charge in [-0.3, -0.25) is 4.79 Å². The van der Waals surface area contributed by atoms with Crippen molar-refractivity contribution >= 4 is 12.1 Å². The maximum Gasteiger partial charge on any atom is 0.407 e. The van der Waals surface area contributed by atoms with E-state index < -0.39 is 6.09 Å². The Balaban J connectivity index is 1.67. The number of hydrogen-bond donors (Lipinski definition) is 1. The number of rotatable bonds is 30. The molecule has 242 valence electrons. The average molecular weight is 602 g/mol. The Bertz CT molecular complexity index is 739. The van der Waals surface area contributed by atoms with Crippen LogP contribution in [0.3, 0.4) is 0 Å². The van der Waals surface area contributed by atoms with Crippen LogP contribution in [-0.4, -0.2) is 118 Å². The molecule has 0 heterocycles. The minimum absolute atomic E-state index is 0.163. The van der Waals surface area contributed by atoms with Crippen molar-refractivity contribution < 1.29 is 52.2 Å². The molecule has 0 atom stereocenters. The summed E-state index contributed by atoms with van der Waals surface area (Å²) < 4.78 is 48.2. The smallest absolute Gasteiger partial charge is 0.407 e. The molecule has 0 fully saturated rings. The Morgan fingerprint density at radius 2 is 1.02 bits per heavy atom. The summed E-state index contributed by atoms with van der Waals surface area (Å²) in [6.07, 6.45) is 3.01. The number of esters is 1. The van der Waals surface area contributed by atoms with Crippen molar-refractivity contribution in [3.8, 4) is 0 Å². The maximum absolute atomic E-state index is 11.6. The van der Waals surface area contributed by atoms with Gasteiger partial charge in [0.15, 0.2) is 0 Å². The first-order valence-electron chi connectivity index (χ1n) is 14.9. The second-order valence-corrected chi connectivity index (χ2v) is 8.95. The molecule has 0 unspecified atom stereocenters. The number of nitrogens with one attached hydrogen (secondary N) is 1. The van der Waals surface area contributed by atoms with Crippen LogP contribution in [0.2, 0.25) is 0 Å². The largest absolute Gasteiger partial charge is 0.463 e. The summed E-state index contributed by atoms with van der Waals surface area (Å²) in [4.78, 5) is 23.1. The third-order valence-corrected chi connectivity index (χ3v) is 5.44. The lowest BCUT2D eigenvalue weighted by molar-refractivity contribution is -0.145. The number of alkyl carbamates (subject to hydrolysis) is 1. The van der Waals surface area contributed by atoms with Crippen molar-refractivity contribution in [2.24, 2.45) is 0 Å². The van der Waals surface area contributed by atoms with Crippen LogP contribution in [0, 0.1) is 0 Å². The summed E-state index contributed by atoms with van der Waals surface area (Å²) in [7, 11) is 0. The van der Waals surface area contributed by atoms with Crippen LogP contribution in [0.25, 0.3) is 0 Å². The normalized spacial score (nSPS) is 11.0. The van der Waals surface area contributed by atoms with Crippen LogP contribution >= 0.6 is 0 Å². The quantitative estimate of drug-likeness (QED) is 0.103. The van der Waals surface area contributed by atoms with E-state index in [1.165, 1.54) is 0 Å². The molecule has 0 radical (unpaired) electrons. The lowest BCUT2D eigenvalue weighted by atomic mass is 10.2. The van der Waals surface area contributed by atoms with Gasteiger partial charge in [0.05, 0.1) is 92.5 Å². The van der Waals surface area contributed by atoms with Gasteiger partial charge in [-0.15, -0.1) is 0 Å². The van der Waals surface area contributed by atoms with Gasteiger partial charge in [-0.25, -0.2) is 4.79 Å². The molecule has 12 nitrogen and oxygen atoms in total. The van der Waals surface area contributed by atoms with E-state index in [1.54, 1.807) is 0 Å². The monoisotopic (exact) mass is 601 g/mol. The highest BCUT2D eigenvalue weighted by Gasteiger charge is 2.03. The Hall–Kier alpha value is -2.32. The molecule has 0 bridgehead atoms. The summed E-state index contributed by atoms with van der Waals surface area (Å²) in [5, 5.41) is 2.64. The van der Waals surface area contributed by atoms with Crippen molar-refractivity contribution in [2.75, 3.05) is 106 Å². The minimum Gasteiger partial charge on any atom is -0.463 e. The van der Waals surface area contributed by atoms with Gasteiger partial charge in [0.2, 0.25) is 0 Å². The fourth-order valence-corrected chi connectivity index (χ4v) is 3.23. The lowest BCUT2D eigenvalue weighted by Gasteiger charge is -2.09. The summed E-state index contributed by atoms with van der Waals surface area (Å²) >= 11 is 0. The molecule has 0 aromatic heterocycles. The predicted octanol–water partition coefficient (Wildman–Crippen LogP) is 3.15. The van der Waals surface area contributed by atoms with Crippen molar-refractivity contribution in [3.05, 3.63) is 35.9 Å². The molecule has 0 aliphatic heterocycles. The van der Waals surface area contributed by atoms with Crippen LogP contribution in [0.4, 0.5) is 4.79 Å². The summed E-state index contributed by atoms with van der Waals surface area (Å²) in [6.45, 7) is 9.34. The van der Waals surface area contributed by atoms with Crippen LogP contribution in [0.1, 0.15) is 38.2 Å². The number of ether oxygens (including phenoxy) is 9. The molecule has 0 saturated heterocycles. The molecule has 12 heteroatoms. The predicted molar refractivity (Wildman–Crippen MR) is 155 cm³/mol. The average Bonchev–Trinajstić information content (AvgIpc) is 3.00. The van der Waals surface area contributed by atoms with Gasteiger partial charge in [0.1, 0.15) is 13.2 Å². The van der Waals surface area contributed by atoms with Gasteiger partial charge < -0.3 is 47.9 Å². The number of amides is 1. The van der Waals surface area contributed by atoms with E-state index in [1.807, 2.05) is 30.3 Å². The van der Waals surface area contributed by atoms with Crippen molar-refractivity contribution in [3.63, 3.8) is 0 Å². The van der Waals surface area contributed by atoms with Gasteiger partial charge >= 0.3 is 12.1 Å². The van der Waals surface area contributed by atoms with E-state index in [4.69, 9.17) is 42.6 Å². The lowest BCUT2D eigenvalue weighted by Crippen LogP contribution is -2.28. The zero-order chi connectivity index (χ0) is 30.2. The molecular formula is C30H51NO11. The zero-order valence-electron chi connectivity index (χ0n) is 25.2. The second kappa shape index (κ2) is 30.1. The van der Waals surface area contributed by atoms with E-state index in [-0.39, 0.29) is 19.2 Å². The summed E-state index contributed by atoms with van der Waals surface area (Å²) in [5.41, 5.74) is 0.937. The molecule has 0 aliphatic carbocycles. The molecule has 1 aromatic rings. The van der Waals surface area contributed by atoms with Gasteiger partial charge in [0.25, 0.3) is 0 Å². The highest BCUT2D eigenvalue weighted by Crippen LogP contribution is 2.01. The first-order chi connectivity index (χ1) is 20.7. The van der Waals surface area contributed by atoms with E-state index in [9.17, 15) is 9.59 Å². The number of unbranched alkanes of at least 4 members (excludes halogenated alkanes) is 2. The fraction of sp³-hybridized carbons (Fsp3) is 0.733. The van der Waals surface area contributed by atoms with Crippen LogP contribution < -0.4 is 5.32 Å². The Morgan fingerprint density at radius 3 is 1.50 bits per heavy atom. The first-order valence-corrected chi connectivity index (χ1v) is 14.9. The highest BCUT2D eigenvalue weighted by atomic mass is 16.6. The Labute approximate surface area is 250 Å². The number of benzene rings is 1. The molecule has 1 amide bonds. The fourth-order valence-electron chi connectivity index (χ4n) is 3.23. The standard InChI is InChI=1S/C30H51NO11/c1-2-3-5-10-29(32)41-26-25-40-24-23-39-22-21-38-20-19-37-18-17-36-16-15-35-14-13-34-12-11-31-30(33)42-27-28-8-6-4-7-9-28/h4,6-9H,2-3,5,10-27H2,1H3,(H,31,33). The van der Waals surface area contributed by atoms with Crippen LogP contribution in [-0.2, 0) is 54.0 Å². The molecule has 0 saturated carbocycles. The molecule has 1 N–H and O–H groups in total. The van der Waals surface area contributed by atoms with Gasteiger partial charge in [-0.1, -0.05) is 50.1 Å². The van der Waals surface area contributed by atoms with Gasteiger partial charge in [-0.05, 0) is 12.0 Å². The minimum atomic E-state index is -0.470. The maximum atomic E-state index is 11.6. The Kier molecular flexibility index (Phi) is 27.1. The van der Waals surface area contributed by atoms with Gasteiger partial charge in [-0.2, -0.15) is 0 Å². The third kappa shape index (κ3) is 26.6.